The fourth-order valence-corrected chi connectivity index (χ4v) is 4.14. The summed E-state index contributed by atoms with van der Waals surface area (Å²) >= 11 is 12.7. The number of amides is 3. The van der Waals surface area contributed by atoms with Gasteiger partial charge in [0.25, 0.3) is 17.1 Å². The van der Waals surface area contributed by atoms with Crippen LogP contribution in [0.4, 0.5) is 4.79 Å². The summed E-state index contributed by atoms with van der Waals surface area (Å²) in [6.07, 6.45) is 1.62. The topological polar surface area (TPSA) is 94.2 Å². The van der Waals surface area contributed by atoms with Crippen LogP contribution in [-0.2, 0) is 9.59 Å². The van der Waals surface area contributed by atoms with Crippen LogP contribution >= 0.6 is 35.0 Å². The van der Waals surface area contributed by atoms with Gasteiger partial charge >= 0.3 is 0 Å². The van der Waals surface area contributed by atoms with Gasteiger partial charge in [-0.25, -0.2) is 0 Å². The van der Waals surface area contributed by atoms with E-state index in [2.05, 4.69) is 5.32 Å². The third-order valence-corrected chi connectivity index (χ3v) is 5.93. The zero-order valence-corrected chi connectivity index (χ0v) is 18.8. The highest BCUT2D eigenvalue weighted by Gasteiger charge is 2.34. The Morgan fingerprint density at radius 3 is 2.81 bits per heavy atom. The Morgan fingerprint density at radius 2 is 1.97 bits per heavy atom. The van der Waals surface area contributed by atoms with E-state index in [1.165, 1.54) is 6.07 Å². The molecule has 32 heavy (non-hydrogen) atoms. The molecule has 1 fully saturated rings. The number of nitrogens with zero attached hydrogens (tertiary/aromatic N) is 1. The van der Waals surface area contributed by atoms with E-state index >= 15 is 0 Å². The van der Waals surface area contributed by atoms with Gasteiger partial charge in [-0.3, -0.25) is 19.3 Å². The van der Waals surface area contributed by atoms with E-state index in [0.717, 1.165) is 16.7 Å². The first-order valence-corrected chi connectivity index (χ1v) is 11.0. The number of nitrogens with one attached hydrogen (secondary N) is 1. The molecule has 0 unspecified atom stereocenters. The second-order valence-corrected chi connectivity index (χ2v) is 8.50. The predicted octanol–water partition coefficient (Wildman–Crippen LogP) is 3.95. The number of fused-ring (bicyclic) bond motifs is 1. The first kappa shape index (κ1) is 22.3. The summed E-state index contributed by atoms with van der Waals surface area (Å²) in [5, 5.41) is 2.95. The van der Waals surface area contributed by atoms with Crippen molar-refractivity contribution in [2.75, 3.05) is 26.5 Å². The molecule has 2 heterocycles. The van der Waals surface area contributed by atoms with Gasteiger partial charge in [-0.1, -0.05) is 29.3 Å². The van der Waals surface area contributed by atoms with Crippen LogP contribution in [-0.4, -0.2) is 48.4 Å². The lowest BCUT2D eigenvalue weighted by atomic mass is 10.2. The summed E-state index contributed by atoms with van der Waals surface area (Å²) in [5.74, 6) is 0.654. The van der Waals surface area contributed by atoms with Gasteiger partial charge in [-0.2, -0.15) is 0 Å². The summed E-state index contributed by atoms with van der Waals surface area (Å²) < 4.78 is 15.9. The van der Waals surface area contributed by atoms with E-state index in [-0.39, 0.29) is 32.2 Å². The number of ether oxygens (including phenoxy) is 3. The molecule has 0 aliphatic carbocycles. The quantitative estimate of drug-likeness (QED) is 0.582. The molecule has 0 atom stereocenters. The van der Waals surface area contributed by atoms with Gasteiger partial charge in [0.2, 0.25) is 6.79 Å². The van der Waals surface area contributed by atoms with Crippen molar-refractivity contribution in [3.63, 3.8) is 0 Å². The molecule has 166 valence electrons. The third-order valence-electron chi connectivity index (χ3n) is 4.48. The van der Waals surface area contributed by atoms with Crippen LogP contribution in [0.2, 0.25) is 10.0 Å². The Balaban J connectivity index is 1.28. The maximum Gasteiger partial charge on any atom is 0.293 e. The zero-order chi connectivity index (χ0) is 22.7. The number of thioether (sulfide) groups is 1. The third kappa shape index (κ3) is 5.12. The maximum absolute atomic E-state index is 12.6. The molecule has 3 amide bonds. The first-order valence-electron chi connectivity index (χ1n) is 9.40. The van der Waals surface area contributed by atoms with Crippen molar-refractivity contribution in [3.8, 4) is 17.2 Å². The molecule has 1 N–H and O–H groups in total. The summed E-state index contributed by atoms with van der Waals surface area (Å²) in [7, 11) is 0. The minimum Gasteiger partial charge on any atom is -0.482 e. The molecule has 2 aliphatic heterocycles. The van der Waals surface area contributed by atoms with Gasteiger partial charge in [-0.05, 0) is 47.7 Å². The second-order valence-electron chi connectivity index (χ2n) is 6.66. The van der Waals surface area contributed by atoms with E-state index in [4.69, 9.17) is 37.4 Å². The van der Waals surface area contributed by atoms with E-state index < -0.39 is 17.1 Å². The number of benzene rings is 2. The number of halogens is 2. The normalized spacial score (nSPS) is 16.1. The van der Waals surface area contributed by atoms with E-state index in [0.29, 0.717) is 32.0 Å². The molecule has 0 radical (unpaired) electrons. The highest BCUT2D eigenvalue weighted by atomic mass is 35.5. The summed E-state index contributed by atoms with van der Waals surface area (Å²) in [4.78, 5) is 38.2. The number of imide groups is 1. The molecule has 2 aromatic rings. The molecule has 2 aromatic carbocycles. The average Bonchev–Trinajstić information content (AvgIpc) is 3.33. The molecule has 0 bridgehead atoms. The average molecular weight is 495 g/mol. The minimum absolute atomic E-state index is 0.0345. The molecular weight excluding hydrogens is 479 g/mol. The van der Waals surface area contributed by atoms with Crippen LogP contribution in [0.1, 0.15) is 5.56 Å². The fraction of sp³-hybridized carbons (Fsp3) is 0.190. The highest BCUT2D eigenvalue weighted by molar-refractivity contribution is 8.18. The molecule has 0 spiro atoms. The van der Waals surface area contributed by atoms with Gasteiger partial charge in [0.15, 0.2) is 18.1 Å². The van der Waals surface area contributed by atoms with Gasteiger partial charge in [0.05, 0.1) is 9.93 Å². The van der Waals surface area contributed by atoms with Crippen LogP contribution in [0.3, 0.4) is 0 Å². The predicted molar refractivity (Wildman–Crippen MR) is 120 cm³/mol. The van der Waals surface area contributed by atoms with E-state index in [9.17, 15) is 14.4 Å². The van der Waals surface area contributed by atoms with Crippen molar-refractivity contribution < 1.29 is 28.6 Å². The van der Waals surface area contributed by atoms with Crippen molar-refractivity contribution in [1.29, 1.82) is 0 Å². The van der Waals surface area contributed by atoms with Crippen molar-refractivity contribution in [2.45, 2.75) is 0 Å². The molecule has 2 aliphatic rings. The van der Waals surface area contributed by atoms with Gasteiger partial charge in [0, 0.05) is 24.2 Å². The van der Waals surface area contributed by atoms with Crippen LogP contribution in [0.25, 0.3) is 6.08 Å². The number of hydrogen-bond donors (Lipinski definition) is 1. The molecule has 4 rings (SSSR count). The minimum atomic E-state index is -0.427. The number of rotatable bonds is 7. The SMILES string of the molecule is O=C(COc1cc(Cl)ccc1Cl)NCCN1C(=O)S/C(=C\c2ccc3c(c2)OCO3)C1=O. The zero-order valence-electron chi connectivity index (χ0n) is 16.4. The van der Waals surface area contributed by atoms with E-state index in [1.807, 2.05) is 0 Å². The van der Waals surface area contributed by atoms with Gasteiger partial charge < -0.3 is 19.5 Å². The number of carbonyl (C=O) groups is 3. The van der Waals surface area contributed by atoms with Crippen LogP contribution in [0.5, 0.6) is 17.2 Å². The Morgan fingerprint density at radius 1 is 1.16 bits per heavy atom. The number of hydrogen-bond acceptors (Lipinski definition) is 7. The first-order chi connectivity index (χ1) is 15.4. The Bertz CT molecular complexity index is 1120. The Labute approximate surface area is 197 Å². The van der Waals surface area contributed by atoms with Gasteiger partial charge in [0.1, 0.15) is 5.75 Å². The van der Waals surface area contributed by atoms with Gasteiger partial charge in [-0.15, -0.1) is 0 Å². The second kappa shape index (κ2) is 9.72. The van der Waals surface area contributed by atoms with Crippen molar-refractivity contribution in [2.24, 2.45) is 0 Å². The van der Waals surface area contributed by atoms with Crippen molar-refractivity contribution >= 4 is 58.1 Å². The monoisotopic (exact) mass is 494 g/mol. The van der Waals surface area contributed by atoms with Crippen LogP contribution in [0.15, 0.2) is 41.3 Å². The summed E-state index contributed by atoms with van der Waals surface area (Å²) in [5.41, 5.74) is 0.713. The van der Waals surface area contributed by atoms with Crippen LogP contribution in [0, 0.1) is 0 Å². The molecule has 11 heteroatoms. The van der Waals surface area contributed by atoms with Crippen LogP contribution < -0.4 is 19.5 Å². The molecule has 8 nitrogen and oxygen atoms in total. The Hall–Kier alpha value is -2.88. The smallest absolute Gasteiger partial charge is 0.293 e. The largest absolute Gasteiger partial charge is 0.482 e. The summed E-state index contributed by atoms with van der Waals surface area (Å²) in [6, 6.07) is 9.93. The fourth-order valence-electron chi connectivity index (χ4n) is 2.94. The number of carbonyl (C=O) groups excluding carboxylic acids is 3. The molecule has 0 aromatic heterocycles. The molecular formula is C21H16Cl2N2O6S. The summed E-state index contributed by atoms with van der Waals surface area (Å²) in [6.45, 7) is -0.0161. The molecule has 0 saturated carbocycles. The van der Waals surface area contributed by atoms with Crippen molar-refractivity contribution in [1.82, 2.24) is 10.2 Å². The molecule has 1 saturated heterocycles. The lowest BCUT2D eigenvalue weighted by Crippen LogP contribution is -2.38. The Kier molecular flexibility index (Phi) is 6.78. The lowest BCUT2D eigenvalue weighted by Gasteiger charge is -2.13. The highest BCUT2D eigenvalue weighted by Crippen LogP contribution is 2.36. The standard InChI is InChI=1S/C21H16Cl2N2O6S/c22-13-2-3-14(23)16(9-13)29-10-19(26)24-5-6-25-20(27)18(32-21(25)28)8-12-1-4-15-17(7-12)31-11-30-15/h1-4,7-9H,5-6,10-11H2,(H,24,26)/b18-8-. The maximum atomic E-state index is 12.6. The van der Waals surface area contributed by atoms with E-state index in [1.54, 1.807) is 36.4 Å². The van der Waals surface area contributed by atoms with Crippen molar-refractivity contribution in [3.05, 3.63) is 56.9 Å². The lowest BCUT2D eigenvalue weighted by molar-refractivity contribution is -0.125.